The highest BCUT2D eigenvalue weighted by Crippen LogP contribution is 2.05. The number of hydrogen-bond donors (Lipinski definition) is 6. The standard InChI is InChI=1S/C16H30N4O6/c1-8(2)5-10(16(25)26)20-14(23)11(7-21)19-12(22)6-18-15(24)13(17)9(3)4/h8-11,13,21H,5-7,17H2,1-4H3,(H,18,24)(H,19,22)(H,20,23)(H,25,26). The minimum Gasteiger partial charge on any atom is -0.480 e. The van der Waals surface area contributed by atoms with Crippen molar-refractivity contribution in [2.75, 3.05) is 13.2 Å². The summed E-state index contributed by atoms with van der Waals surface area (Å²) in [5.41, 5.74) is 5.64. The maximum Gasteiger partial charge on any atom is 0.326 e. The Morgan fingerprint density at radius 1 is 0.962 bits per heavy atom. The highest BCUT2D eigenvalue weighted by molar-refractivity contribution is 5.92. The third kappa shape index (κ3) is 8.77. The van der Waals surface area contributed by atoms with E-state index in [-0.39, 0.29) is 18.3 Å². The Kier molecular flexibility index (Phi) is 10.5. The minimum atomic E-state index is -1.33. The van der Waals surface area contributed by atoms with Crippen LogP contribution in [0.15, 0.2) is 0 Å². The number of amides is 3. The fraction of sp³-hybridized carbons (Fsp3) is 0.750. The van der Waals surface area contributed by atoms with E-state index in [1.807, 2.05) is 0 Å². The lowest BCUT2D eigenvalue weighted by Crippen LogP contribution is -2.55. The highest BCUT2D eigenvalue weighted by atomic mass is 16.4. The molecule has 0 rings (SSSR count). The predicted octanol–water partition coefficient (Wildman–Crippen LogP) is -1.82. The molecule has 0 saturated heterocycles. The van der Waals surface area contributed by atoms with Gasteiger partial charge in [-0.1, -0.05) is 27.7 Å². The van der Waals surface area contributed by atoms with E-state index in [0.29, 0.717) is 0 Å². The van der Waals surface area contributed by atoms with Gasteiger partial charge in [0.2, 0.25) is 17.7 Å². The summed E-state index contributed by atoms with van der Waals surface area (Å²) in [7, 11) is 0. The maximum atomic E-state index is 12.1. The minimum absolute atomic E-state index is 0.0268. The van der Waals surface area contributed by atoms with E-state index in [9.17, 15) is 24.3 Å². The van der Waals surface area contributed by atoms with Crippen LogP contribution in [0.3, 0.4) is 0 Å². The van der Waals surface area contributed by atoms with E-state index in [0.717, 1.165) is 0 Å². The molecule has 3 atom stereocenters. The van der Waals surface area contributed by atoms with Crippen LogP contribution in [-0.2, 0) is 19.2 Å². The Morgan fingerprint density at radius 3 is 1.96 bits per heavy atom. The first-order chi connectivity index (χ1) is 12.0. The quantitative estimate of drug-likeness (QED) is 0.247. The summed E-state index contributed by atoms with van der Waals surface area (Å²) in [4.78, 5) is 46.8. The zero-order valence-electron chi connectivity index (χ0n) is 15.6. The number of nitrogens with one attached hydrogen (secondary N) is 3. The SMILES string of the molecule is CC(C)CC(NC(=O)C(CO)NC(=O)CNC(=O)C(N)C(C)C)C(=O)O. The van der Waals surface area contributed by atoms with Crippen molar-refractivity contribution in [3.63, 3.8) is 0 Å². The molecule has 0 aliphatic heterocycles. The van der Waals surface area contributed by atoms with Gasteiger partial charge >= 0.3 is 5.97 Å². The molecule has 10 heteroatoms. The number of carbonyl (C=O) groups is 4. The molecule has 0 fully saturated rings. The topological polar surface area (TPSA) is 171 Å². The molecule has 0 aliphatic rings. The maximum absolute atomic E-state index is 12.1. The van der Waals surface area contributed by atoms with Crippen LogP contribution in [0.4, 0.5) is 0 Å². The van der Waals surface area contributed by atoms with Gasteiger partial charge in [-0.2, -0.15) is 0 Å². The number of carboxylic acids is 1. The fourth-order valence-corrected chi connectivity index (χ4v) is 1.99. The van der Waals surface area contributed by atoms with E-state index >= 15 is 0 Å². The number of nitrogens with two attached hydrogens (primary N) is 1. The van der Waals surface area contributed by atoms with Gasteiger partial charge in [0.15, 0.2) is 0 Å². The van der Waals surface area contributed by atoms with Gasteiger partial charge in [-0.15, -0.1) is 0 Å². The fourth-order valence-electron chi connectivity index (χ4n) is 1.99. The van der Waals surface area contributed by atoms with Gasteiger partial charge < -0.3 is 31.9 Å². The van der Waals surface area contributed by atoms with Crippen LogP contribution in [0.2, 0.25) is 0 Å². The summed E-state index contributed by atoms with van der Waals surface area (Å²) in [6.07, 6.45) is 0.205. The van der Waals surface area contributed by atoms with Gasteiger partial charge in [-0.05, 0) is 18.3 Å². The Hall–Kier alpha value is -2.20. The van der Waals surface area contributed by atoms with Gasteiger partial charge in [0.25, 0.3) is 0 Å². The first-order valence-corrected chi connectivity index (χ1v) is 8.46. The lowest BCUT2D eigenvalue weighted by molar-refractivity contribution is -0.143. The predicted molar refractivity (Wildman–Crippen MR) is 93.9 cm³/mol. The Labute approximate surface area is 152 Å². The second-order valence-electron chi connectivity index (χ2n) is 6.82. The highest BCUT2D eigenvalue weighted by Gasteiger charge is 2.27. The second-order valence-corrected chi connectivity index (χ2v) is 6.82. The molecule has 0 aromatic carbocycles. The van der Waals surface area contributed by atoms with Crippen LogP contribution >= 0.6 is 0 Å². The number of aliphatic carboxylic acids is 1. The van der Waals surface area contributed by atoms with Crippen LogP contribution < -0.4 is 21.7 Å². The van der Waals surface area contributed by atoms with Crippen molar-refractivity contribution < 1.29 is 29.4 Å². The van der Waals surface area contributed by atoms with E-state index in [1.165, 1.54) is 0 Å². The van der Waals surface area contributed by atoms with E-state index in [1.54, 1.807) is 27.7 Å². The number of aliphatic hydroxyl groups is 1. The summed E-state index contributed by atoms with van der Waals surface area (Å²) in [5, 5.41) is 25.3. The molecule has 10 nitrogen and oxygen atoms in total. The third-order valence-electron chi connectivity index (χ3n) is 3.60. The summed E-state index contributed by atoms with van der Waals surface area (Å²) in [6.45, 7) is 5.98. The summed E-state index contributed by atoms with van der Waals surface area (Å²) < 4.78 is 0. The Bertz CT molecular complexity index is 509. The molecule has 0 spiro atoms. The van der Waals surface area contributed by atoms with Crippen molar-refractivity contribution in [3.8, 4) is 0 Å². The molecule has 3 amide bonds. The summed E-state index contributed by atoms with van der Waals surface area (Å²) >= 11 is 0. The number of rotatable bonds is 11. The molecule has 0 saturated carbocycles. The van der Waals surface area contributed by atoms with Crippen molar-refractivity contribution >= 4 is 23.7 Å². The number of carboxylic acid groups (broad SMARTS) is 1. The lowest BCUT2D eigenvalue weighted by atomic mass is 10.0. The average Bonchev–Trinajstić information content (AvgIpc) is 2.55. The molecule has 7 N–H and O–H groups in total. The van der Waals surface area contributed by atoms with Gasteiger partial charge in [0.05, 0.1) is 19.2 Å². The molecule has 3 unspecified atom stereocenters. The largest absolute Gasteiger partial charge is 0.480 e. The first-order valence-electron chi connectivity index (χ1n) is 8.46. The zero-order valence-corrected chi connectivity index (χ0v) is 15.6. The van der Waals surface area contributed by atoms with Crippen LogP contribution in [0.25, 0.3) is 0 Å². The molecule has 0 aromatic heterocycles. The summed E-state index contributed by atoms with van der Waals surface area (Å²) in [5.74, 6) is -3.33. The van der Waals surface area contributed by atoms with Crippen molar-refractivity contribution in [1.82, 2.24) is 16.0 Å². The van der Waals surface area contributed by atoms with Gasteiger partial charge in [0, 0.05) is 0 Å². The van der Waals surface area contributed by atoms with Crippen LogP contribution in [0.1, 0.15) is 34.1 Å². The number of aliphatic hydroxyl groups excluding tert-OH is 1. The Balaban J connectivity index is 4.63. The molecule has 0 heterocycles. The zero-order chi connectivity index (χ0) is 20.4. The van der Waals surface area contributed by atoms with Gasteiger partial charge in [-0.3, -0.25) is 14.4 Å². The molecule has 0 bridgehead atoms. The molecule has 0 aliphatic carbocycles. The van der Waals surface area contributed by atoms with E-state index in [4.69, 9.17) is 10.8 Å². The first kappa shape index (κ1) is 23.8. The summed E-state index contributed by atoms with van der Waals surface area (Å²) in [6, 6.07) is -3.23. The van der Waals surface area contributed by atoms with Crippen molar-refractivity contribution in [3.05, 3.63) is 0 Å². The second kappa shape index (κ2) is 11.4. The van der Waals surface area contributed by atoms with E-state index < -0.39 is 55.0 Å². The van der Waals surface area contributed by atoms with Crippen molar-refractivity contribution in [2.45, 2.75) is 52.2 Å². The molecular weight excluding hydrogens is 344 g/mol. The normalized spacial score (nSPS) is 14.5. The number of hydrogen-bond acceptors (Lipinski definition) is 6. The molecule has 150 valence electrons. The molecular formula is C16H30N4O6. The molecule has 0 radical (unpaired) electrons. The van der Waals surface area contributed by atoms with Crippen LogP contribution in [-0.4, -0.2) is 65.2 Å². The molecule has 26 heavy (non-hydrogen) atoms. The van der Waals surface area contributed by atoms with Crippen molar-refractivity contribution in [1.29, 1.82) is 0 Å². The third-order valence-corrected chi connectivity index (χ3v) is 3.60. The van der Waals surface area contributed by atoms with Crippen LogP contribution in [0, 0.1) is 11.8 Å². The van der Waals surface area contributed by atoms with Crippen molar-refractivity contribution in [2.24, 2.45) is 17.6 Å². The lowest BCUT2D eigenvalue weighted by Gasteiger charge is -2.21. The smallest absolute Gasteiger partial charge is 0.326 e. The monoisotopic (exact) mass is 374 g/mol. The molecule has 0 aromatic rings. The Morgan fingerprint density at radius 2 is 1.54 bits per heavy atom. The van der Waals surface area contributed by atoms with Crippen LogP contribution in [0.5, 0.6) is 0 Å². The van der Waals surface area contributed by atoms with Gasteiger partial charge in [-0.25, -0.2) is 4.79 Å². The van der Waals surface area contributed by atoms with Gasteiger partial charge in [0.1, 0.15) is 12.1 Å². The van der Waals surface area contributed by atoms with E-state index in [2.05, 4.69) is 16.0 Å². The average molecular weight is 374 g/mol. The number of carbonyl (C=O) groups excluding carboxylic acids is 3.